The van der Waals surface area contributed by atoms with Gasteiger partial charge in [0.25, 0.3) is 0 Å². The third kappa shape index (κ3) is 4.93. The summed E-state index contributed by atoms with van der Waals surface area (Å²) in [6.07, 6.45) is -4.89. The summed E-state index contributed by atoms with van der Waals surface area (Å²) in [6.45, 7) is 0.0404. The molecule has 3 aromatic carbocycles. The third-order valence-corrected chi connectivity index (χ3v) is 5.39. The number of rotatable bonds is 5. The van der Waals surface area contributed by atoms with Crippen LogP contribution in [0.5, 0.6) is 5.75 Å². The number of alkyl halides is 3. The summed E-state index contributed by atoms with van der Waals surface area (Å²) in [4.78, 5) is 13.0. The Bertz CT molecular complexity index is 1350. The van der Waals surface area contributed by atoms with E-state index in [1.807, 2.05) is 0 Å². The number of fused-ring (bicyclic) bond motifs is 1. The fourth-order valence-electron chi connectivity index (χ4n) is 3.25. The molecular formula is C23H15BrF3NO5. The Morgan fingerprint density at radius 2 is 1.70 bits per heavy atom. The van der Waals surface area contributed by atoms with Gasteiger partial charge >= 0.3 is 6.18 Å². The second-order valence-corrected chi connectivity index (χ2v) is 8.00. The minimum absolute atomic E-state index is 0.0147. The van der Waals surface area contributed by atoms with Crippen LogP contribution in [0.2, 0.25) is 0 Å². The fraction of sp³-hybridized carbons (Fsp3) is 0.0870. The van der Waals surface area contributed by atoms with Gasteiger partial charge in [0.1, 0.15) is 17.9 Å². The lowest BCUT2D eigenvalue weighted by Gasteiger charge is -2.14. The number of quaternary nitrogens is 1. The van der Waals surface area contributed by atoms with E-state index in [-0.39, 0.29) is 34.6 Å². The van der Waals surface area contributed by atoms with Crippen molar-refractivity contribution in [3.05, 3.63) is 98.0 Å². The molecule has 0 saturated heterocycles. The molecule has 33 heavy (non-hydrogen) atoms. The predicted octanol–water partition coefficient (Wildman–Crippen LogP) is 5.22. The third-order valence-electron chi connectivity index (χ3n) is 4.86. The molecule has 4 rings (SSSR count). The zero-order chi connectivity index (χ0) is 23.8. The number of ether oxygens (including phenoxy) is 1. The van der Waals surface area contributed by atoms with E-state index >= 15 is 0 Å². The summed E-state index contributed by atoms with van der Waals surface area (Å²) in [6, 6.07) is 15.9. The van der Waals surface area contributed by atoms with E-state index in [4.69, 9.17) is 14.4 Å². The number of nitrogens with one attached hydrogen (secondary N) is 1. The van der Waals surface area contributed by atoms with Crippen LogP contribution >= 0.6 is 15.9 Å². The second kappa shape index (κ2) is 8.99. The topological polar surface area (TPSA) is 87.2 Å². The Balaban J connectivity index is 1.71. The first-order valence-electron chi connectivity index (χ1n) is 9.52. The minimum Gasteiger partial charge on any atom is -0.595 e. The monoisotopic (exact) mass is 521 g/mol. The van der Waals surface area contributed by atoms with E-state index in [9.17, 15) is 23.2 Å². The standard InChI is InChI=1S/C23H15BrF3NO5/c24-15-5-3-14(4-6-15)20-21(29)18-10-9-17(11-19(18)33-22(20)23(25,26)27)32-12-13-1-7-16(8-2-13)28(30)31/h1-11,28,30H,12H2. The molecule has 2 N–H and O–H groups in total. The van der Waals surface area contributed by atoms with Crippen molar-refractivity contribution in [2.24, 2.45) is 0 Å². The highest BCUT2D eigenvalue weighted by Crippen LogP contribution is 2.38. The Morgan fingerprint density at radius 3 is 2.30 bits per heavy atom. The van der Waals surface area contributed by atoms with Gasteiger partial charge in [-0.1, -0.05) is 28.1 Å². The van der Waals surface area contributed by atoms with Crippen molar-refractivity contribution in [1.82, 2.24) is 0 Å². The number of halogens is 4. The molecule has 0 bridgehead atoms. The Hall–Kier alpha value is -3.18. The Morgan fingerprint density at radius 1 is 1.03 bits per heavy atom. The van der Waals surface area contributed by atoms with Crippen molar-refractivity contribution < 1.29 is 32.8 Å². The molecule has 170 valence electrons. The van der Waals surface area contributed by atoms with Crippen LogP contribution in [0.1, 0.15) is 11.3 Å². The van der Waals surface area contributed by atoms with Crippen LogP contribution in [0.15, 0.2) is 80.4 Å². The molecule has 0 fully saturated rings. The summed E-state index contributed by atoms with van der Waals surface area (Å²) in [5.41, 5.74) is -0.759. The molecule has 1 heterocycles. The van der Waals surface area contributed by atoms with Gasteiger partial charge in [0.05, 0.1) is 10.9 Å². The Kier molecular flexibility index (Phi) is 6.26. The van der Waals surface area contributed by atoms with E-state index < -0.39 is 28.2 Å². The summed E-state index contributed by atoms with van der Waals surface area (Å²) in [5.74, 6) is -1.19. The van der Waals surface area contributed by atoms with Crippen LogP contribution in [0.25, 0.3) is 22.1 Å². The van der Waals surface area contributed by atoms with Crippen molar-refractivity contribution in [2.45, 2.75) is 12.8 Å². The van der Waals surface area contributed by atoms with Gasteiger partial charge < -0.3 is 14.4 Å². The van der Waals surface area contributed by atoms with Gasteiger partial charge in [-0.05, 0) is 47.5 Å². The molecule has 0 saturated carbocycles. The first-order chi connectivity index (χ1) is 15.6. The van der Waals surface area contributed by atoms with Gasteiger partial charge in [0.15, 0.2) is 5.69 Å². The largest absolute Gasteiger partial charge is 0.595 e. The quantitative estimate of drug-likeness (QED) is 0.351. The van der Waals surface area contributed by atoms with Crippen molar-refractivity contribution >= 4 is 32.6 Å². The number of hydrogen-bond acceptors (Lipinski definition) is 5. The predicted molar refractivity (Wildman–Crippen MR) is 117 cm³/mol. The van der Waals surface area contributed by atoms with Crippen LogP contribution in [0, 0.1) is 5.21 Å². The van der Waals surface area contributed by atoms with Gasteiger partial charge in [0.2, 0.25) is 11.2 Å². The summed E-state index contributed by atoms with van der Waals surface area (Å²) in [7, 11) is 0. The lowest BCUT2D eigenvalue weighted by Crippen LogP contribution is -2.99. The fourth-order valence-corrected chi connectivity index (χ4v) is 3.52. The highest BCUT2D eigenvalue weighted by Gasteiger charge is 2.39. The maximum atomic E-state index is 13.8. The molecule has 4 aromatic rings. The summed E-state index contributed by atoms with van der Waals surface area (Å²) in [5, 5.41) is 18.8. The highest BCUT2D eigenvalue weighted by atomic mass is 79.9. The van der Waals surface area contributed by atoms with E-state index in [0.29, 0.717) is 10.0 Å². The number of benzene rings is 3. The van der Waals surface area contributed by atoms with Crippen molar-refractivity contribution in [3.8, 4) is 16.9 Å². The van der Waals surface area contributed by atoms with Gasteiger partial charge in [-0.3, -0.25) is 4.79 Å². The van der Waals surface area contributed by atoms with E-state index in [1.165, 1.54) is 42.5 Å². The zero-order valence-electron chi connectivity index (χ0n) is 16.7. The first-order valence-corrected chi connectivity index (χ1v) is 10.3. The van der Waals surface area contributed by atoms with Gasteiger partial charge in [-0.25, -0.2) is 5.21 Å². The average molecular weight is 522 g/mol. The molecule has 0 amide bonds. The van der Waals surface area contributed by atoms with Gasteiger partial charge in [0, 0.05) is 22.7 Å². The lowest BCUT2D eigenvalue weighted by molar-refractivity contribution is -0.991. The molecule has 6 nitrogen and oxygen atoms in total. The van der Waals surface area contributed by atoms with Crippen LogP contribution in [0.4, 0.5) is 18.9 Å². The summed E-state index contributed by atoms with van der Waals surface area (Å²) >= 11 is 3.22. The van der Waals surface area contributed by atoms with Gasteiger partial charge in [-0.15, -0.1) is 0 Å². The van der Waals surface area contributed by atoms with Crippen molar-refractivity contribution in [1.29, 1.82) is 0 Å². The van der Waals surface area contributed by atoms with E-state index in [2.05, 4.69) is 15.9 Å². The molecule has 0 aliphatic carbocycles. The molecule has 0 radical (unpaired) electrons. The first kappa shape index (κ1) is 23.0. The molecule has 0 aliphatic heterocycles. The van der Waals surface area contributed by atoms with Crippen LogP contribution in [-0.2, 0) is 12.8 Å². The average Bonchev–Trinajstić information content (AvgIpc) is 2.78. The molecular weight excluding hydrogens is 507 g/mol. The van der Waals surface area contributed by atoms with Crippen molar-refractivity contribution in [3.63, 3.8) is 0 Å². The minimum atomic E-state index is -4.89. The SMILES string of the molecule is O=c1c(-c2ccc(Br)cc2)c(C(F)(F)F)oc2cc(OCc3ccc([NH+]([O-])O)cc3)ccc12. The highest BCUT2D eigenvalue weighted by molar-refractivity contribution is 9.10. The number of hydrogen-bond donors (Lipinski definition) is 2. The molecule has 0 aliphatic rings. The maximum absolute atomic E-state index is 13.8. The van der Waals surface area contributed by atoms with Crippen LogP contribution < -0.4 is 15.4 Å². The molecule has 1 unspecified atom stereocenters. The van der Waals surface area contributed by atoms with E-state index in [0.717, 1.165) is 0 Å². The second-order valence-electron chi connectivity index (χ2n) is 7.09. The normalized spacial score (nSPS) is 12.7. The van der Waals surface area contributed by atoms with E-state index in [1.54, 1.807) is 24.3 Å². The van der Waals surface area contributed by atoms with Crippen LogP contribution in [0.3, 0.4) is 0 Å². The molecule has 0 spiro atoms. The molecule has 1 aromatic heterocycles. The molecule has 10 heteroatoms. The van der Waals surface area contributed by atoms with Crippen LogP contribution in [-0.4, -0.2) is 5.21 Å². The van der Waals surface area contributed by atoms with Crippen molar-refractivity contribution in [2.75, 3.05) is 0 Å². The lowest BCUT2D eigenvalue weighted by atomic mass is 10.0. The Labute approximate surface area is 193 Å². The maximum Gasteiger partial charge on any atom is 0.450 e. The zero-order valence-corrected chi connectivity index (χ0v) is 18.2. The smallest absolute Gasteiger partial charge is 0.450 e. The molecule has 1 atom stereocenters. The summed E-state index contributed by atoms with van der Waals surface area (Å²) < 4.78 is 52.7. The van der Waals surface area contributed by atoms with Gasteiger partial charge in [-0.2, -0.15) is 18.4 Å².